The van der Waals surface area contributed by atoms with Gasteiger partial charge >= 0.3 is 0 Å². The second kappa shape index (κ2) is 8.24. The molecule has 0 saturated heterocycles. The van der Waals surface area contributed by atoms with Crippen molar-refractivity contribution in [1.82, 2.24) is 4.98 Å². The van der Waals surface area contributed by atoms with Crippen LogP contribution in [0.15, 0.2) is 59.6 Å². The van der Waals surface area contributed by atoms with Gasteiger partial charge in [-0.05, 0) is 48.0 Å². The molecule has 0 saturated carbocycles. The van der Waals surface area contributed by atoms with E-state index in [1.165, 1.54) is 36.5 Å². The van der Waals surface area contributed by atoms with Crippen LogP contribution in [0.5, 0.6) is 5.88 Å². The third kappa shape index (κ3) is 4.11. The predicted octanol–water partition coefficient (Wildman–Crippen LogP) is 4.03. The molecule has 0 fully saturated rings. The van der Waals surface area contributed by atoms with E-state index in [1.54, 1.807) is 0 Å². The number of sulfonamides is 1. The molecule has 6 nitrogen and oxygen atoms in total. The van der Waals surface area contributed by atoms with Crippen LogP contribution in [0.4, 0.5) is 14.5 Å². The molecule has 4 rings (SSSR count). The van der Waals surface area contributed by atoms with Gasteiger partial charge in [0.25, 0.3) is 10.0 Å². The van der Waals surface area contributed by atoms with Gasteiger partial charge in [-0.3, -0.25) is 9.10 Å². The molecule has 3 aromatic rings. The summed E-state index contributed by atoms with van der Waals surface area (Å²) in [4.78, 5) is 16.6. The number of hydrogen-bond donors (Lipinski definition) is 0. The number of nitrogens with zero attached hydrogens (tertiary/aromatic N) is 2. The summed E-state index contributed by atoms with van der Waals surface area (Å²) < 4.78 is 60.0. The minimum absolute atomic E-state index is 0.00489. The van der Waals surface area contributed by atoms with Crippen LogP contribution in [-0.2, 0) is 16.4 Å². The molecule has 1 aromatic heterocycles. The number of rotatable bonds is 5. The van der Waals surface area contributed by atoms with Gasteiger partial charge in [-0.2, -0.15) is 0 Å². The van der Waals surface area contributed by atoms with Crippen molar-refractivity contribution < 1.29 is 26.7 Å². The molecular formula is C21H15ClF2N2O4S. The number of ether oxygens (including phenoxy) is 1. The highest BCUT2D eigenvalue weighted by Crippen LogP contribution is 2.34. The molecule has 0 amide bonds. The SMILES string of the molecule is O=C(Cc1cnc2c(c1)N(S(=O)(=O)c1ccc(F)cc1)CCO2)c1c(F)cccc1Cl. The monoisotopic (exact) mass is 464 g/mol. The average molecular weight is 465 g/mol. The Kier molecular flexibility index (Phi) is 5.63. The third-order valence-electron chi connectivity index (χ3n) is 4.70. The van der Waals surface area contributed by atoms with E-state index in [0.717, 1.165) is 22.5 Å². The zero-order valence-corrected chi connectivity index (χ0v) is 17.5. The average Bonchev–Trinajstić information content (AvgIpc) is 2.73. The summed E-state index contributed by atoms with van der Waals surface area (Å²) in [5.41, 5.74) is 0.252. The highest BCUT2D eigenvalue weighted by molar-refractivity contribution is 7.92. The smallest absolute Gasteiger partial charge is 0.264 e. The maximum Gasteiger partial charge on any atom is 0.264 e. The lowest BCUT2D eigenvalue weighted by Crippen LogP contribution is -2.38. The second-order valence-corrected chi connectivity index (χ2v) is 9.01. The van der Waals surface area contributed by atoms with E-state index in [4.69, 9.17) is 16.3 Å². The van der Waals surface area contributed by atoms with Crippen molar-refractivity contribution in [2.45, 2.75) is 11.3 Å². The van der Waals surface area contributed by atoms with Crippen LogP contribution in [0.25, 0.3) is 0 Å². The van der Waals surface area contributed by atoms with Crippen molar-refractivity contribution >= 4 is 33.1 Å². The number of anilines is 1. The van der Waals surface area contributed by atoms with Crippen molar-refractivity contribution in [1.29, 1.82) is 0 Å². The van der Waals surface area contributed by atoms with Gasteiger partial charge < -0.3 is 4.74 Å². The Balaban J connectivity index is 1.68. The van der Waals surface area contributed by atoms with Crippen molar-refractivity contribution in [3.05, 3.63) is 82.5 Å². The van der Waals surface area contributed by atoms with Gasteiger partial charge in [0.2, 0.25) is 5.88 Å². The second-order valence-electron chi connectivity index (χ2n) is 6.74. The van der Waals surface area contributed by atoms with Gasteiger partial charge in [-0.25, -0.2) is 22.2 Å². The van der Waals surface area contributed by atoms with Gasteiger partial charge in [0.1, 0.15) is 23.9 Å². The minimum Gasteiger partial charge on any atom is -0.474 e. The first-order valence-electron chi connectivity index (χ1n) is 9.14. The fourth-order valence-corrected chi connectivity index (χ4v) is 4.94. The molecule has 0 atom stereocenters. The predicted molar refractivity (Wildman–Crippen MR) is 110 cm³/mol. The van der Waals surface area contributed by atoms with Gasteiger partial charge in [-0.15, -0.1) is 0 Å². The van der Waals surface area contributed by atoms with Crippen LogP contribution in [-0.4, -0.2) is 32.3 Å². The Hall–Kier alpha value is -3.04. The molecule has 0 radical (unpaired) electrons. The first kappa shape index (κ1) is 21.2. The van der Waals surface area contributed by atoms with E-state index in [2.05, 4.69) is 4.98 Å². The lowest BCUT2D eigenvalue weighted by atomic mass is 10.0. The third-order valence-corrected chi connectivity index (χ3v) is 6.84. The van der Waals surface area contributed by atoms with Gasteiger partial charge in [-0.1, -0.05) is 17.7 Å². The molecular weight excluding hydrogens is 450 g/mol. The van der Waals surface area contributed by atoms with Crippen molar-refractivity contribution in [2.75, 3.05) is 17.5 Å². The number of ketones is 1. The molecule has 0 spiro atoms. The Morgan fingerprint density at radius 1 is 1.16 bits per heavy atom. The van der Waals surface area contributed by atoms with Gasteiger partial charge in [0.15, 0.2) is 5.78 Å². The first-order chi connectivity index (χ1) is 14.8. The topological polar surface area (TPSA) is 76.6 Å². The van der Waals surface area contributed by atoms with Crippen LogP contribution in [0.1, 0.15) is 15.9 Å². The Labute approximate surface area is 182 Å². The summed E-state index contributed by atoms with van der Waals surface area (Å²) in [6.45, 7) is 0.0778. The van der Waals surface area contributed by atoms with Crippen LogP contribution < -0.4 is 9.04 Å². The maximum absolute atomic E-state index is 14.1. The standard InChI is InChI=1S/C21H15ClF2N2O4S/c22-16-2-1-3-17(24)20(16)19(27)11-13-10-18-21(25-12-13)30-9-8-26(18)31(28,29)15-6-4-14(23)5-7-15/h1-7,10,12H,8-9,11H2. The summed E-state index contributed by atoms with van der Waals surface area (Å²) in [5.74, 6) is -1.80. The molecule has 1 aliphatic heterocycles. The molecule has 160 valence electrons. The van der Waals surface area contributed by atoms with E-state index in [9.17, 15) is 22.0 Å². The fraction of sp³-hybridized carbons (Fsp3) is 0.143. The van der Waals surface area contributed by atoms with Crippen LogP contribution in [0.3, 0.4) is 0 Å². The van der Waals surface area contributed by atoms with Crippen LogP contribution in [0, 0.1) is 11.6 Å². The van der Waals surface area contributed by atoms with Crippen molar-refractivity contribution in [3.63, 3.8) is 0 Å². The van der Waals surface area contributed by atoms with Crippen LogP contribution >= 0.6 is 11.6 Å². The van der Waals surface area contributed by atoms with E-state index < -0.39 is 27.4 Å². The van der Waals surface area contributed by atoms with Crippen LogP contribution in [0.2, 0.25) is 5.02 Å². The zero-order valence-electron chi connectivity index (χ0n) is 15.9. The number of fused-ring (bicyclic) bond motifs is 1. The summed E-state index contributed by atoms with van der Waals surface area (Å²) in [6.07, 6.45) is 1.12. The molecule has 0 unspecified atom stereocenters. The molecule has 2 aromatic carbocycles. The number of halogens is 3. The largest absolute Gasteiger partial charge is 0.474 e. The Bertz CT molecular complexity index is 1250. The first-order valence-corrected chi connectivity index (χ1v) is 11.0. The number of pyridine rings is 1. The number of carbonyl (C=O) groups excluding carboxylic acids is 1. The summed E-state index contributed by atoms with van der Waals surface area (Å²) >= 11 is 5.96. The van der Waals surface area contributed by atoms with E-state index in [0.29, 0.717) is 5.56 Å². The van der Waals surface area contributed by atoms with Gasteiger partial charge in [0.05, 0.1) is 22.0 Å². The number of aromatic nitrogens is 1. The fourth-order valence-electron chi connectivity index (χ4n) is 3.24. The van der Waals surface area contributed by atoms with Gasteiger partial charge in [0, 0.05) is 12.6 Å². The summed E-state index contributed by atoms with van der Waals surface area (Å²) in [6, 6.07) is 9.84. The van der Waals surface area contributed by atoms with E-state index in [1.807, 2.05) is 0 Å². The lowest BCUT2D eigenvalue weighted by molar-refractivity contribution is 0.0989. The minimum atomic E-state index is -4.02. The summed E-state index contributed by atoms with van der Waals surface area (Å²) in [7, 11) is -4.02. The molecule has 0 aliphatic carbocycles. The Morgan fingerprint density at radius 3 is 2.61 bits per heavy atom. The number of hydrogen-bond acceptors (Lipinski definition) is 5. The summed E-state index contributed by atoms with van der Waals surface area (Å²) in [5, 5.41) is -0.0141. The molecule has 1 aliphatic rings. The highest BCUT2D eigenvalue weighted by atomic mass is 35.5. The highest BCUT2D eigenvalue weighted by Gasteiger charge is 2.31. The quantitative estimate of drug-likeness (QED) is 0.533. The van der Waals surface area contributed by atoms with E-state index in [-0.39, 0.29) is 46.6 Å². The number of benzene rings is 2. The molecule has 10 heteroatoms. The maximum atomic E-state index is 14.1. The van der Waals surface area contributed by atoms with Crippen molar-refractivity contribution in [2.24, 2.45) is 0 Å². The molecule has 31 heavy (non-hydrogen) atoms. The normalized spacial score (nSPS) is 13.5. The molecule has 0 bridgehead atoms. The molecule has 0 N–H and O–H groups in total. The Morgan fingerprint density at radius 2 is 1.90 bits per heavy atom. The lowest BCUT2D eigenvalue weighted by Gasteiger charge is -2.30. The van der Waals surface area contributed by atoms with E-state index >= 15 is 0 Å². The number of Topliss-reactive ketones (excluding diaryl/α,β-unsaturated/α-hetero) is 1. The molecule has 2 heterocycles. The zero-order chi connectivity index (χ0) is 22.2. The van der Waals surface area contributed by atoms with Crippen molar-refractivity contribution in [3.8, 4) is 5.88 Å². The number of carbonyl (C=O) groups is 1.